The summed E-state index contributed by atoms with van der Waals surface area (Å²) in [5.74, 6) is 1.79. The van der Waals surface area contributed by atoms with E-state index in [9.17, 15) is 0 Å². The van der Waals surface area contributed by atoms with E-state index in [-0.39, 0.29) is 24.0 Å². The molecular weight excluding hydrogens is 377 g/mol. The summed E-state index contributed by atoms with van der Waals surface area (Å²) in [7, 11) is 2.20. The lowest BCUT2D eigenvalue weighted by Crippen LogP contribution is -2.49. The van der Waals surface area contributed by atoms with E-state index in [1.165, 1.54) is 19.5 Å². The topological polar surface area (TPSA) is 42.9 Å². The Bertz CT molecular complexity index is 328. The minimum Gasteiger partial charge on any atom is -0.357 e. The van der Waals surface area contributed by atoms with Crippen molar-refractivity contribution in [3.8, 4) is 0 Å². The molecule has 2 aliphatic rings. The van der Waals surface area contributed by atoms with Crippen LogP contribution < -0.4 is 10.6 Å². The maximum absolute atomic E-state index is 4.76. The minimum absolute atomic E-state index is 0. The second-order valence-electron chi connectivity index (χ2n) is 6.37. The summed E-state index contributed by atoms with van der Waals surface area (Å²) in [6.45, 7) is 13.2. The Balaban J connectivity index is 0.00000220. The monoisotopic (exact) mass is 409 g/mol. The highest BCUT2D eigenvalue weighted by atomic mass is 127. The van der Waals surface area contributed by atoms with Gasteiger partial charge in [0.2, 0.25) is 0 Å². The molecule has 0 spiro atoms. The van der Waals surface area contributed by atoms with Crippen LogP contribution in [-0.4, -0.2) is 74.2 Å². The summed E-state index contributed by atoms with van der Waals surface area (Å²) < 4.78 is 0. The van der Waals surface area contributed by atoms with Gasteiger partial charge in [-0.15, -0.1) is 24.0 Å². The molecule has 0 radical (unpaired) electrons. The fraction of sp³-hybridized carbons (Fsp3) is 0.933. The third-order valence-corrected chi connectivity index (χ3v) is 4.45. The number of likely N-dealkylation sites (N-methyl/N-ethyl adjacent to an activating group) is 1. The summed E-state index contributed by atoms with van der Waals surface area (Å²) in [5.41, 5.74) is 0. The normalized spacial score (nSPS) is 28.7. The number of piperazine rings is 1. The van der Waals surface area contributed by atoms with Gasteiger partial charge in [0.15, 0.2) is 5.96 Å². The second kappa shape index (κ2) is 9.15. The first kappa shape index (κ1) is 19.0. The van der Waals surface area contributed by atoms with Gasteiger partial charge >= 0.3 is 0 Å². The Morgan fingerprint density at radius 2 is 1.90 bits per heavy atom. The van der Waals surface area contributed by atoms with Crippen LogP contribution in [0.25, 0.3) is 0 Å². The van der Waals surface area contributed by atoms with Gasteiger partial charge in [0.25, 0.3) is 0 Å². The predicted octanol–water partition coefficient (Wildman–Crippen LogP) is 1.20. The smallest absolute Gasteiger partial charge is 0.191 e. The first-order chi connectivity index (χ1) is 9.60. The highest BCUT2D eigenvalue weighted by Crippen LogP contribution is 2.28. The molecule has 1 saturated carbocycles. The highest BCUT2D eigenvalue weighted by molar-refractivity contribution is 14.0. The van der Waals surface area contributed by atoms with Crippen molar-refractivity contribution in [3.63, 3.8) is 0 Å². The Labute approximate surface area is 146 Å². The molecule has 3 atom stereocenters. The van der Waals surface area contributed by atoms with Crippen molar-refractivity contribution in [1.29, 1.82) is 0 Å². The van der Waals surface area contributed by atoms with Crippen LogP contribution in [0, 0.1) is 5.92 Å². The first-order valence-corrected chi connectivity index (χ1v) is 8.07. The molecule has 1 heterocycles. The number of hydrogen-bond acceptors (Lipinski definition) is 3. The molecule has 2 fully saturated rings. The van der Waals surface area contributed by atoms with Gasteiger partial charge in [0, 0.05) is 44.8 Å². The number of rotatable bonds is 5. The zero-order valence-corrected chi connectivity index (χ0v) is 16.3. The highest BCUT2D eigenvalue weighted by Gasteiger charge is 2.33. The summed E-state index contributed by atoms with van der Waals surface area (Å²) in [6.07, 6.45) is 1.28. The van der Waals surface area contributed by atoms with Crippen LogP contribution in [0.2, 0.25) is 0 Å². The lowest BCUT2D eigenvalue weighted by molar-refractivity contribution is 0.122. The molecule has 2 rings (SSSR count). The van der Waals surface area contributed by atoms with Gasteiger partial charge in [-0.1, -0.05) is 6.92 Å². The molecule has 3 unspecified atom stereocenters. The number of halogens is 1. The van der Waals surface area contributed by atoms with Gasteiger partial charge in [-0.05, 0) is 33.2 Å². The molecule has 0 aromatic carbocycles. The Hall–Kier alpha value is -0.0800. The van der Waals surface area contributed by atoms with Crippen molar-refractivity contribution in [2.24, 2.45) is 10.9 Å². The van der Waals surface area contributed by atoms with Gasteiger partial charge in [0.1, 0.15) is 0 Å². The first-order valence-electron chi connectivity index (χ1n) is 8.07. The molecule has 0 aromatic heterocycles. The maximum atomic E-state index is 4.76. The SMILES string of the molecule is CCNC(=NCC(C)N1CCN(C)CC1)NC1CC1C.I. The molecule has 0 bridgehead atoms. The van der Waals surface area contributed by atoms with Crippen molar-refractivity contribution < 1.29 is 0 Å². The lowest BCUT2D eigenvalue weighted by atomic mass is 10.2. The minimum atomic E-state index is 0. The number of nitrogens with one attached hydrogen (secondary N) is 2. The average molecular weight is 409 g/mol. The van der Waals surface area contributed by atoms with Gasteiger partial charge in [-0.25, -0.2) is 0 Å². The molecule has 21 heavy (non-hydrogen) atoms. The van der Waals surface area contributed by atoms with E-state index < -0.39 is 0 Å². The quantitative estimate of drug-likeness (QED) is 0.407. The van der Waals surface area contributed by atoms with Gasteiger partial charge in [-0.3, -0.25) is 9.89 Å². The summed E-state index contributed by atoms with van der Waals surface area (Å²) >= 11 is 0. The Morgan fingerprint density at radius 1 is 1.29 bits per heavy atom. The molecule has 0 amide bonds. The van der Waals surface area contributed by atoms with Crippen molar-refractivity contribution in [2.75, 3.05) is 46.3 Å². The molecule has 1 saturated heterocycles. The van der Waals surface area contributed by atoms with Crippen molar-refractivity contribution in [1.82, 2.24) is 20.4 Å². The van der Waals surface area contributed by atoms with Gasteiger partial charge in [-0.2, -0.15) is 0 Å². The van der Waals surface area contributed by atoms with Crippen molar-refractivity contribution in [3.05, 3.63) is 0 Å². The largest absolute Gasteiger partial charge is 0.357 e. The molecule has 1 aliphatic carbocycles. The summed E-state index contributed by atoms with van der Waals surface area (Å²) in [5, 5.41) is 6.87. The van der Waals surface area contributed by atoms with Gasteiger partial charge in [0.05, 0.1) is 6.54 Å². The maximum Gasteiger partial charge on any atom is 0.191 e. The molecular formula is C15H32IN5. The molecule has 124 valence electrons. The summed E-state index contributed by atoms with van der Waals surface area (Å²) in [4.78, 5) is 9.71. The fourth-order valence-electron chi connectivity index (χ4n) is 2.62. The number of aliphatic imine (C=N–C) groups is 1. The predicted molar refractivity (Wildman–Crippen MR) is 101 cm³/mol. The van der Waals surface area contributed by atoms with Crippen LogP contribution in [0.3, 0.4) is 0 Å². The van der Waals surface area contributed by atoms with E-state index in [0.717, 1.165) is 38.1 Å². The molecule has 2 N–H and O–H groups in total. The van der Waals surface area contributed by atoms with Crippen LogP contribution in [-0.2, 0) is 0 Å². The van der Waals surface area contributed by atoms with E-state index in [4.69, 9.17) is 4.99 Å². The Morgan fingerprint density at radius 3 is 2.43 bits per heavy atom. The van der Waals surface area contributed by atoms with Crippen molar-refractivity contribution >= 4 is 29.9 Å². The average Bonchev–Trinajstić information content (AvgIpc) is 3.12. The zero-order chi connectivity index (χ0) is 14.5. The van der Waals surface area contributed by atoms with Crippen LogP contribution in [0.5, 0.6) is 0 Å². The second-order valence-corrected chi connectivity index (χ2v) is 6.37. The third kappa shape index (κ3) is 6.28. The number of guanidine groups is 1. The van der Waals surface area contributed by atoms with E-state index in [0.29, 0.717) is 12.1 Å². The van der Waals surface area contributed by atoms with Crippen molar-refractivity contribution in [2.45, 2.75) is 39.3 Å². The van der Waals surface area contributed by atoms with Gasteiger partial charge < -0.3 is 15.5 Å². The lowest BCUT2D eigenvalue weighted by Gasteiger charge is -2.35. The molecule has 6 heteroatoms. The third-order valence-electron chi connectivity index (χ3n) is 4.45. The van der Waals surface area contributed by atoms with Crippen LogP contribution in [0.1, 0.15) is 27.2 Å². The summed E-state index contributed by atoms with van der Waals surface area (Å²) in [6, 6.07) is 1.16. The number of nitrogens with zero attached hydrogens (tertiary/aromatic N) is 3. The van der Waals surface area contributed by atoms with Crippen LogP contribution >= 0.6 is 24.0 Å². The molecule has 1 aliphatic heterocycles. The zero-order valence-electron chi connectivity index (χ0n) is 13.9. The Kier molecular flexibility index (Phi) is 8.26. The molecule has 5 nitrogen and oxygen atoms in total. The van der Waals surface area contributed by atoms with E-state index in [1.54, 1.807) is 0 Å². The van der Waals surface area contributed by atoms with Crippen LogP contribution in [0.15, 0.2) is 4.99 Å². The standard InChI is InChI=1S/C15H31N5.HI/c1-5-16-15(18-14-10-12(14)2)17-11-13(3)20-8-6-19(4)7-9-20;/h12-14H,5-11H2,1-4H3,(H2,16,17,18);1H. The molecule has 0 aromatic rings. The fourth-order valence-corrected chi connectivity index (χ4v) is 2.62. The number of hydrogen-bond donors (Lipinski definition) is 2. The van der Waals surface area contributed by atoms with E-state index >= 15 is 0 Å². The van der Waals surface area contributed by atoms with E-state index in [1.807, 2.05) is 0 Å². The van der Waals surface area contributed by atoms with E-state index in [2.05, 4.69) is 48.3 Å². The van der Waals surface area contributed by atoms with Crippen LogP contribution in [0.4, 0.5) is 0 Å².